The van der Waals surface area contributed by atoms with Gasteiger partial charge in [-0.2, -0.15) is 5.10 Å². The Kier molecular flexibility index (Phi) is 9.72. The van der Waals surface area contributed by atoms with Crippen molar-refractivity contribution >= 4 is 45.8 Å². The van der Waals surface area contributed by atoms with Gasteiger partial charge >= 0.3 is 0 Å². The van der Waals surface area contributed by atoms with Crippen LogP contribution in [0.3, 0.4) is 0 Å². The topological polar surface area (TPSA) is 129 Å². The van der Waals surface area contributed by atoms with Gasteiger partial charge in [0.25, 0.3) is 0 Å². The summed E-state index contributed by atoms with van der Waals surface area (Å²) in [5.74, 6) is -0.148. The smallest absolute Gasteiger partial charge is 0.223 e. The fourth-order valence-corrected chi connectivity index (χ4v) is 5.42. The van der Waals surface area contributed by atoms with Crippen LogP contribution in [0.1, 0.15) is 54.0 Å². The van der Waals surface area contributed by atoms with Gasteiger partial charge in [-0.05, 0) is 63.0 Å². The predicted molar refractivity (Wildman–Crippen MR) is 148 cm³/mol. The Bertz CT molecular complexity index is 1310. The zero-order valence-electron chi connectivity index (χ0n) is 20.7. The molecule has 2 heterocycles. The van der Waals surface area contributed by atoms with Crippen molar-refractivity contribution in [3.63, 3.8) is 0 Å². The number of hydrogen-bond donors (Lipinski definition) is 3. The van der Waals surface area contributed by atoms with Crippen molar-refractivity contribution < 1.29 is 9.59 Å². The van der Waals surface area contributed by atoms with Crippen LogP contribution in [0.2, 0.25) is 5.02 Å². The van der Waals surface area contributed by atoms with E-state index in [9.17, 15) is 9.59 Å². The van der Waals surface area contributed by atoms with Crippen LogP contribution in [-0.2, 0) is 17.6 Å². The van der Waals surface area contributed by atoms with Gasteiger partial charge in [0.1, 0.15) is 6.29 Å². The third-order valence-electron chi connectivity index (χ3n) is 5.40. The molecule has 10 heteroatoms. The monoisotopic (exact) mass is 526 g/mol. The molecular formula is C26H31ClN6O2S. The summed E-state index contributed by atoms with van der Waals surface area (Å²) in [5, 5.41) is 8.82. The van der Waals surface area contributed by atoms with Crippen molar-refractivity contribution in [2.75, 3.05) is 18.9 Å². The number of benzene rings is 1. The fourth-order valence-electron chi connectivity index (χ4n) is 4.04. The summed E-state index contributed by atoms with van der Waals surface area (Å²) in [6.45, 7) is 4.13. The van der Waals surface area contributed by atoms with E-state index in [-0.39, 0.29) is 5.91 Å². The van der Waals surface area contributed by atoms with E-state index in [2.05, 4.69) is 34.3 Å². The van der Waals surface area contributed by atoms with E-state index in [1.165, 1.54) is 25.3 Å². The predicted octanol–water partition coefficient (Wildman–Crippen LogP) is 4.79. The van der Waals surface area contributed by atoms with Crippen molar-refractivity contribution in [1.29, 1.82) is 0 Å². The molecule has 0 spiro atoms. The number of aldehydes is 1. The Morgan fingerprint density at radius 3 is 2.64 bits per heavy atom. The van der Waals surface area contributed by atoms with Gasteiger partial charge in [0.05, 0.1) is 32.7 Å². The molecule has 36 heavy (non-hydrogen) atoms. The molecule has 0 unspecified atom stereocenters. The maximum atomic E-state index is 11.6. The molecule has 0 saturated heterocycles. The highest BCUT2D eigenvalue weighted by molar-refractivity contribution is 7.19. The molecule has 0 aliphatic heterocycles. The van der Waals surface area contributed by atoms with Gasteiger partial charge in [0.15, 0.2) is 5.13 Å². The number of nitrogens with one attached hydrogen (secondary N) is 1. The van der Waals surface area contributed by atoms with Crippen LogP contribution >= 0.6 is 22.9 Å². The molecule has 2 aromatic heterocycles. The summed E-state index contributed by atoms with van der Waals surface area (Å²) in [5.41, 5.74) is 15.7. The summed E-state index contributed by atoms with van der Waals surface area (Å²) < 4.78 is 1.86. The first-order chi connectivity index (χ1) is 17.5. The summed E-state index contributed by atoms with van der Waals surface area (Å²) in [6.07, 6.45) is 10.9. The number of thiazole rings is 1. The normalized spacial score (nSPS) is 13.2. The van der Waals surface area contributed by atoms with E-state index < -0.39 is 0 Å². The number of allylic oxidation sites excluding steroid dienone is 4. The molecule has 8 nitrogen and oxygen atoms in total. The minimum atomic E-state index is -0.148. The van der Waals surface area contributed by atoms with Crippen molar-refractivity contribution in [2.45, 2.75) is 39.5 Å². The van der Waals surface area contributed by atoms with Gasteiger partial charge in [-0.15, -0.1) is 0 Å². The van der Waals surface area contributed by atoms with E-state index in [0.717, 1.165) is 71.6 Å². The molecule has 0 bridgehead atoms. The molecule has 5 rings (SSSR count). The number of fused-ring (bicyclic) bond motifs is 3. The lowest BCUT2D eigenvalue weighted by atomic mass is 9.93. The number of hydrogen-bond acceptors (Lipinski definition) is 7. The number of aryl methyl sites for hydroxylation is 1. The number of aromatic nitrogens is 3. The van der Waals surface area contributed by atoms with Gasteiger partial charge in [0.2, 0.25) is 5.91 Å². The first kappa shape index (κ1) is 27.5. The third-order valence-corrected chi connectivity index (χ3v) is 6.72. The Labute approximate surface area is 220 Å². The minimum absolute atomic E-state index is 0.148. The number of nitrogens with two attached hydrogens (primary N) is 2. The Morgan fingerprint density at radius 1 is 1.28 bits per heavy atom. The minimum Gasteiger partial charge on any atom is -0.333 e. The highest BCUT2D eigenvalue weighted by atomic mass is 35.5. The highest BCUT2D eigenvalue weighted by Crippen LogP contribution is 2.44. The number of halogens is 1. The molecule has 3 aromatic rings. The zero-order chi connectivity index (χ0) is 26.2. The average molecular weight is 527 g/mol. The summed E-state index contributed by atoms with van der Waals surface area (Å²) in [7, 11) is 1.50. The molecule has 0 saturated carbocycles. The molecule has 0 radical (unpaired) electrons. The van der Waals surface area contributed by atoms with Gasteiger partial charge in [0, 0.05) is 18.1 Å². The average Bonchev–Trinajstić information content (AvgIpc) is 3.46. The second-order valence-corrected chi connectivity index (χ2v) is 9.35. The quantitative estimate of drug-likeness (QED) is 0.419. The Hall–Kier alpha value is -3.11. The number of rotatable bonds is 4. The third kappa shape index (κ3) is 5.82. The molecule has 2 aliphatic carbocycles. The molecular weight excluding hydrogens is 496 g/mol. The Balaban J connectivity index is 0.000000674. The number of amides is 1. The second-order valence-electron chi connectivity index (χ2n) is 7.94. The second kappa shape index (κ2) is 12.7. The fraction of sp³-hybridized carbons (Fsp3) is 0.308. The first-order valence-electron chi connectivity index (χ1n) is 11.8. The SMILES string of the molecule is CC(=O)Nc1nc2c(s1)-c1c(c(C3=CCCC=C3)nn1-c1ccc(C=O)cc1Cl)CC2.CCN.CN. The molecule has 1 aromatic carbocycles. The maximum absolute atomic E-state index is 11.6. The van der Waals surface area contributed by atoms with E-state index in [0.29, 0.717) is 21.4 Å². The van der Waals surface area contributed by atoms with Crippen LogP contribution in [0.5, 0.6) is 0 Å². The van der Waals surface area contributed by atoms with Gasteiger partial charge in [-0.1, -0.05) is 48.1 Å². The Morgan fingerprint density at radius 2 is 2.03 bits per heavy atom. The van der Waals surface area contributed by atoms with Crippen LogP contribution in [0, 0.1) is 0 Å². The van der Waals surface area contributed by atoms with Crippen LogP contribution in [0.25, 0.3) is 21.8 Å². The lowest BCUT2D eigenvalue weighted by molar-refractivity contribution is -0.114. The van der Waals surface area contributed by atoms with Crippen LogP contribution in [-0.4, -0.2) is 40.6 Å². The molecule has 1 amide bonds. The largest absolute Gasteiger partial charge is 0.333 e. The molecule has 0 fully saturated rings. The van der Waals surface area contributed by atoms with E-state index >= 15 is 0 Å². The van der Waals surface area contributed by atoms with Crippen LogP contribution in [0.4, 0.5) is 5.13 Å². The van der Waals surface area contributed by atoms with Crippen molar-refractivity contribution in [3.05, 3.63) is 64.0 Å². The molecule has 5 N–H and O–H groups in total. The van der Waals surface area contributed by atoms with E-state index in [4.69, 9.17) is 22.4 Å². The summed E-state index contributed by atoms with van der Waals surface area (Å²) in [4.78, 5) is 28.3. The van der Waals surface area contributed by atoms with Gasteiger partial charge in [-0.3, -0.25) is 9.59 Å². The van der Waals surface area contributed by atoms with Gasteiger partial charge in [-0.25, -0.2) is 9.67 Å². The van der Waals surface area contributed by atoms with E-state index in [1.807, 2.05) is 17.7 Å². The highest BCUT2D eigenvalue weighted by Gasteiger charge is 2.30. The molecule has 190 valence electrons. The maximum Gasteiger partial charge on any atom is 0.223 e. The zero-order valence-corrected chi connectivity index (χ0v) is 22.2. The summed E-state index contributed by atoms with van der Waals surface area (Å²) in [6, 6.07) is 5.20. The van der Waals surface area contributed by atoms with E-state index in [1.54, 1.807) is 12.1 Å². The first-order valence-corrected chi connectivity index (χ1v) is 13.0. The standard InChI is InChI=1S/C23H19ClN4O2S.C2H7N.CH5N/c1-13(30)25-23-26-18-9-8-16-20(15-5-3-2-4-6-15)27-28(21(16)22(18)31-23)19-10-7-14(12-29)11-17(19)24;1-2-3;1-2/h3,5-7,10-12H,2,4,8-9H2,1H3,(H,25,26,30);2-3H2,1H3;2H2,1H3. The lowest BCUT2D eigenvalue weighted by Crippen LogP contribution is -2.07. The number of carbonyl (C=O) groups is 2. The number of carbonyl (C=O) groups excluding carboxylic acids is 2. The van der Waals surface area contributed by atoms with Crippen LogP contribution < -0.4 is 16.8 Å². The van der Waals surface area contributed by atoms with Crippen molar-refractivity contribution in [3.8, 4) is 16.3 Å². The molecule has 2 aliphatic rings. The van der Waals surface area contributed by atoms with Crippen molar-refractivity contribution in [2.24, 2.45) is 11.5 Å². The lowest BCUT2D eigenvalue weighted by Gasteiger charge is -2.15. The van der Waals surface area contributed by atoms with Crippen molar-refractivity contribution in [1.82, 2.24) is 14.8 Å². The number of anilines is 1. The van der Waals surface area contributed by atoms with Gasteiger partial charge < -0.3 is 16.8 Å². The van der Waals surface area contributed by atoms with Crippen LogP contribution in [0.15, 0.2) is 36.4 Å². The summed E-state index contributed by atoms with van der Waals surface area (Å²) >= 11 is 8.01. The molecule has 0 atom stereocenters. The number of nitrogens with zero attached hydrogens (tertiary/aromatic N) is 3.